The van der Waals surface area contributed by atoms with Crippen LogP contribution in [0.5, 0.6) is 0 Å². The Kier molecular flexibility index (Phi) is 5.06. The van der Waals surface area contributed by atoms with Gasteiger partial charge in [-0.2, -0.15) is 11.8 Å². The smallest absolute Gasteiger partial charge is 0.335 e. The van der Waals surface area contributed by atoms with E-state index in [0.717, 1.165) is 19.3 Å². The van der Waals surface area contributed by atoms with Gasteiger partial charge in [-0.3, -0.25) is 4.79 Å². The summed E-state index contributed by atoms with van der Waals surface area (Å²) in [7, 11) is 0. The van der Waals surface area contributed by atoms with E-state index < -0.39 is 5.97 Å². The molecule has 0 bridgehead atoms. The predicted octanol–water partition coefficient (Wildman–Crippen LogP) is 2.79. The first-order valence-electron chi connectivity index (χ1n) is 6.77. The number of thioether (sulfide) groups is 1. The molecular weight excluding hydrogens is 274 g/mol. The Morgan fingerprint density at radius 1 is 1.30 bits per heavy atom. The Labute approximate surface area is 123 Å². The molecule has 1 fully saturated rings. The summed E-state index contributed by atoms with van der Waals surface area (Å²) in [5.74, 6) is -1.19. The van der Waals surface area contributed by atoms with E-state index in [1.165, 1.54) is 18.6 Å². The van der Waals surface area contributed by atoms with E-state index in [1.54, 1.807) is 12.1 Å². The van der Waals surface area contributed by atoms with Crippen LogP contribution < -0.4 is 5.32 Å². The highest BCUT2D eigenvalue weighted by Crippen LogP contribution is 2.27. The van der Waals surface area contributed by atoms with Gasteiger partial charge in [0.1, 0.15) is 0 Å². The average molecular weight is 293 g/mol. The molecule has 2 rings (SSSR count). The van der Waals surface area contributed by atoms with E-state index >= 15 is 0 Å². The van der Waals surface area contributed by atoms with Crippen molar-refractivity contribution < 1.29 is 14.7 Å². The van der Waals surface area contributed by atoms with E-state index in [0.29, 0.717) is 10.8 Å². The number of carboxylic acids is 1. The van der Waals surface area contributed by atoms with Crippen LogP contribution >= 0.6 is 11.8 Å². The Balaban J connectivity index is 2.01. The van der Waals surface area contributed by atoms with E-state index in [9.17, 15) is 9.59 Å². The molecule has 1 aromatic rings. The number of hydrogen-bond acceptors (Lipinski definition) is 3. The fourth-order valence-electron chi connectivity index (χ4n) is 2.55. The Bertz CT molecular complexity index is 504. The third kappa shape index (κ3) is 3.76. The van der Waals surface area contributed by atoms with Crippen LogP contribution in [0.2, 0.25) is 0 Å². The molecule has 0 heterocycles. The van der Waals surface area contributed by atoms with E-state index in [1.807, 2.05) is 11.8 Å². The second-order valence-electron chi connectivity index (χ2n) is 5.08. The van der Waals surface area contributed by atoms with Crippen molar-refractivity contribution in [1.82, 2.24) is 5.32 Å². The zero-order valence-corrected chi connectivity index (χ0v) is 12.3. The molecule has 2 N–H and O–H groups in total. The molecular formula is C15H19NO3S. The number of amides is 1. The third-order valence-corrected chi connectivity index (χ3v) is 4.76. The second kappa shape index (κ2) is 6.79. The number of carboxylic acid groups (broad SMARTS) is 1. The number of nitrogens with one attached hydrogen (secondary N) is 1. The molecule has 0 aromatic heterocycles. The zero-order valence-electron chi connectivity index (χ0n) is 11.5. The standard InChI is InChI=1S/C15H19NO3S/c1-20-13-7-3-6-12(9-13)16-14(17)10-4-2-5-11(8-10)15(18)19/h2,4-5,8,12-13H,3,6-7,9H2,1H3,(H,16,17)(H,18,19). The lowest BCUT2D eigenvalue weighted by Crippen LogP contribution is -2.39. The van der Waals surface area contributed by atoms with Gasteiger partial charge >= 0.3 is 5.97 Å². The molecule has 5 heteroatoms. The van der Waals surface area contributed by atoms with E-state index in [2.05, 4.69) is 11.6 Å². The van der Waals surface area contributed by atoms with Crippen molar-refractivity contribution in [2.45, 2.75) is 37.0 Å². The van der Waals surface area contributed by atoms with Gasteiger partial charge in [0.25, 0.3) is 5.91 Å². The maximum Gasteiger partial charge on any atom is 0.335 e. The molecule has 0 aliphatic heterocycles. The Hall–Kier alpha value is -1.49. The zero-order chi connectivity index (χ0) is 14.5. The lowest BCUT2D eigenvalue weighted by Gasteiger charge is -2.28. The minimum Gasteiger partial charge on any atom is -0.478 e. The van der Waals surface area contributed by atoms with E-state index in [-0.39, 0.29) is 17.5 Å². The number of hydrogen-bond donors (Lipinski definition) is 2. The fourth-order valence-corrected chi connectivity index (χ4v) is 3.38. The normalized spacial score (nSPS) is 22.2. The summed E-state index contributed by atoms with van der Waals surface area (Å²) >= 11 is 1.85. The summed E-state index contributed by atoms with van der Waals surface area (Å²) in [4.78, 5) is 23.1. The van der Waals surface area contributed by atoms with Crippen LogP contribution in [0.3, 0.4) is 0 Å². The lowest BCUT2D eigenvalue weighted by molar-refractivity contribution is 0.0697. The highest BCUT2D eigenvalue weighted by atomic mass is 32.2. The third-order valence-electron chi connectivity index (χ3n) is 3.67. The van der Waals surface area contributed by atoms with Crippen LogP contribution in [0.15, 0.2) is 24.3 Å². The molecule has 2 atom stereocenters. The number of carbonyl (C=O) groups is 2. The molecule has 0 radical (unpaired) electrons. The first-order valence-corrected chi connectivity index (χ1v) is 8.06. The number of carbonyl (C=O) groups excluding carboxylic acids is 1. The second-order valence-corrected chi connectivity index (χ2v) is 6.22. The summed E-state index contributed by atoms with van der Waals surface area (Å²) < 4.78 is 0. The Morgan fingerprint density at radius 2 is 2.05 bits per heavy atom. The van der Waals surface area contributed by atoms with Gasteiger partial charge in [0, 0.05) is 16.9 Å². The summed E-state index contributed by atoms with van der Waals surface area (Å²) in [6.45, 7) is 0. The van der Waals surface area contributed by atoms with Crippen molar-refractivity contribution in [2.24, 2.45) is 0 Å². The minimum absolute atomic E-state index is 0.142. The largest absolute Gasteiger partial charge is 0.478 e. The first kappa shape index (κ1) is 14.9. The highest BCUT2D eigenvalue weighted by molar-refractivity contribution is 7.99. The van der Waals surface area contributed by atoms with Gasteiger partial charge in [-0.25, -0.2) is 4.79 Å². The SMILES string of the molecule is CSC1CCCC(NC(=O)c2cccc(C(=O)O)c2)C1. The molecule has 4 nitrogen and oxygen atoms in total. The molecule has 1 aliphatic rings. The van der Waals surface area contributed by atoms with Crippen molar-refractivity contribution in [3.05, 3.63) is 35.4 Å². The van der Waals surface area contributed by atoms with Gasteiger partial charge in [0.15, 0.2) is 0 Å². The van der Waals surface area contributed by atoms with Gasteiger partial charge in [-0.05, 0) is 43.7 Å². The van der Waals surface area contributed by atoms with Crippen LogP contribution in [-0.2, 0) is 0 Å². The summed E-state index contributed by atoms with van der Waals surface area (Å²) in [5.41, 5.74) is 0.555. The number of rotatable bonds is 4. The molecule has 1 amide bonds. The molecule has 1 saturated carbocycles. The number of aromatic carboxylic acids is 1. The van der Waals surface area contributed by atoms with Crippen LogP contribution in [0.25, 0.3) is 0 Å². The van der Waals surface area contributed by atoms with Crippen LogP contribution in [-0.4, -0.2) is 34.5 Å². The highest BCUT2D eigenvalue weighted by Gasteiger charge is 2.23. The van der Waals surface area contributed by atoms with Crippen LogP contribution in [0.4, 0.5) is 0 Å². The van der Waals surface area contributed by atoms with Crippen molar-refractivity contribution in [3.8, 4) is 0 Å². The average Bonchev–Trinajstić information content (AvgIpc) is 2.47. The molecule has 0 spiro atoms. The summed E-state index contributed by atoms with van der Waals surface area (Å²) in [6, 6.07) is 6.36. The first-order chi connectivity index (χ1) is 9.60. The van der Waals surface area contributed by atoms with Crippen molar-refractivity contribution in [2.75, 3.05) is 6.26 Å². The summed E-state index contributed by atoms with van der Waals surface area (Å²) in [6.07, 6.45) is 6.44. The lowest BCUT2D eigenvalue weighted by atomic mass is 9.94. The molecule has 2 unspecified atom stereocenters. The van der Waals surface area contributed by atoms with Gasteiger partial charge < -0.3 is 10.4 Å². The topological polar surface area (TPSA) is 66.4 Å². The minimum atomic E-state index is -1.01. The van der Waals surface area contributed by atoms with Crippen molar-refractivity contribution in [3.63, 3.8) is 0 Å². The monoisotopic (exact) mass is 293 g/mol. The molecule has 0 saturated heterocycles. The van der Waals surface area contributed by atoms with Gasteiger partial charge in [0.2, 0.25) is 0 Å². The number of benzene rings is 1. The van der Waals surface area contributed by atoms with Crippen molar-refractivity contribution in [1.29, 1.82) is 0 Å². The van der Waals surface area contributed by atoms with Crippen LogP contribution in [0, 0.1) is 0 Å². The quantitative estimate of drug-likeness (QED) is 0.896. The Morgan fingerprint density at radius 3 is 2.75 bits per heavy atom. The molecule has 1 aliphatic carbocycles. The van der Waals surface area contributed by atoms with Crippen molar-refractivity contribution >= 4 is 23.6 Å². The maximum atomic E-state index is 12.2. The van der Waals surface area contributed by atoms with Gasteiger partial charge in [-0.1, -0.05) is 12.5 Å². The molecule has 1 aromatic carbocycles. The fraction of sp³-hybridized carbons (Fsp3) is 0.467. The predicted molar refractivity (Wildman–Crippen MR) is 80.4 cm³/mol. The molecule has 20 heavy (non-hydrogen) atoms. The maximum absolute atomic E-state index is 12.2. The van der Waals surface area contributed by atoms with Gasteiger partial charge in [0.05, 0.1) is 5.56 Å². The van der Waals surface area contributed by atoms with E-state index in [4.69, 9.17) is 5.11 Å². The summed E-state index contributed by atoms with van der Waals surface area (Å²) in [5, 5.41) is 12.6. The molecule has 108 valence electrons. The van der Waals surface area contributed by atoms with Gasteiger partial charge in [-0.15, -0.1) is 0 Å². The van der Waals surface area contributed by atoms with Crippen LogP contribution in [0.1, 0.15) is 46.4 Å².